The Morgan fingerprint density at radius 3 is 2.90 bits per heavy atom. The van der Waals surface area contributed by atoms with Crippen molar-refractivity contribution >= 4 is 17.6 Å². The van der Waals surface area contributed by atoms with Gasteiger partial charge in [0, 0.05) is 18.3 Å². The molecule has 1 atom stereocenters. The highest BCUT2D eigenvalue weighted by Gasteiger charge is 2.29. The quantitative estimate of drug-likeness (QED) is 0.841. The summed E-state index contributed by atoms with van der Waals surface area (Å²) in [5, 5.41) is 2.58. The van der Waals surface area contributed by atoms with Gasteiger partial charge in [0.25, 0.3) is 0 Å². The molecule has 1 saturated heterocycles. The molecule has 5 heteroatoms. The van der Waals surface area contributed by atoms with Crippen LogP contribution in [0.2, 0.25) is 0 Å². The van der Waals surface area contributed by atoms with Crippen molar-refractivity contribution in [2.75, 3.05) is 11.9 Å². The Labute approximate surface area is 119 Å². The highest BCUT2D eigenvalue weighted by atomic mass is 16.2. The van der Waals surface area contributed by atoms with Crippen LogP contribution in [0.3, 0.4) is 0 Å². The van der Waals surface area contributed by atoms with E-state index < -0.39 is 11.8 Å². The molecule has 1 N–H and O–H groups in total. The number of hydrogen-bond acceptors (Lipinski definition) is 3. The van der Waals surface area contributed by atoms with E-state index in [2.05, 4.69) is 17.2 Å². The van der Waals surface area contributed by atoms with Crippen LogP contribution in [0.15, 0.2) is 18.2 Å². The summed E-state index contributed by atoms with van der Waals surface area (Å²) in [4.78, 5) is 30.2. The Kier molecular flexibility index (Phi) is 4.71. The molecule has 0 spiro atoms. The number of amides is 2. The number of rotatable bonds is 2. The maximum atomic E-state index is 12.2. The van der Waals surface area contributed by atoms with Gasteiger partial charge in [0.1, 0.15) is 5.82 Å². The molecule has 1 aliphatic heterocycles. The van der Waals surface area contributed by atoms with Crippen LogP contribution in [0.1, 0.15) is 38.3 Å². The van der Waals surface area contributed by atoms with E-state index in [-0.39, 0.29) is 6.04 Å². The fourth-order valence-electron chi connectivity index (χ4n) is 2.61. The molecule has 2 heterocycles. The number of carbonyl (C=O) groups excluding carboxylic acids is 2. The molecule has 2 rings (SSSR count). The van der Waals surface area contributed by atoms with Crippen LogP contribution in [0.25, 0.3) is 0 Å². The summed E-state index contributed by atoms with van der Waals surface area (Å²) in [7, 11) is 0. The third-order valence-electron chi connectivity index (χ3n) is 3.68. The number of aryl methyl sites for hydroxylation is 1. The third-order valence-corrected chi connectivity index (χ3v) is 3.68. The zero-order valence-corrected chi connectivity index (χ0v) is 12.1. The monoisotopic (exact) mass is 275 g/mol. The van der Waals surface area contributed by atoms with Crippen molar-refractivity contribution < 1.29 is 9.59 Å². The van der Waals surface area contributed by atoms with Gasteiger partial charge in [-0.1, -0.05) is 13.0 Å². The molecule has 1 aromatic rings. The van der Waals surface area contributed by atoms with Gasteiger partial charge in [0.05, 0.1) is 0 Å². The van der Waals surface area contributed by atoms with Crippen molar-refractivity contribution in [1.29, 1.82) is 0 Å². The molecular weight excluding hydrogens is 254 g/mol. The molecule has 0 bridgehead atoms. The zero-order valence-electron chi connectivity index (χ0n) is 12.1. The van der Waals surface area contributed by atoms with E-state index in [1.165, 1.54) is 0 Å². The normalized spacial score (nSPS) is 18.7. The van der Waals surface area contributed by atoms with E-state index in [0.717, 1.165) is 31.4 Å². The van der Waals surface area contributed by atoms with Gasteiger partial charge in [-0.3, -0.25) is 9.59 Å². The predicted octanol–water partition coefficient (Wildman–Crippen LogP) is 2.12. The number of anilines is 1. The molecule has 2 amide bonds. The Morgan fingerprint density at radius 2 is 2.20 bits per heavy atom. The van der Waals surface area contributed by atoms with E-state index in [4.69, 9.17) is 0 Å². The molecule has 0 radical (unpaired) electrons. The fourth-order valence-corrected chi connectivity index (χ4v) is 2.61. The lowest BCUT2D eigenvalue weighted by atomic mass is 10.00. The molecule has 0 saturated carbocycles. The number of aromatic nitrogens is 1. The molecule has 1 aliphatic rings. The Balaban J connectivity index is 2.02. The SMILES string of the molecule is CCC1CCCCN1C(=O)C(=O)Nc1cccc(C)n1. The second-order valence-electron chi connectivity index (χ2n) is 5.17. The average Bonchev–Trinajstić information content (AvgIpc) is 2.46. The van der Waals surface area contributed by atoms with Gasteiger partial charge in [-0.25, -0.2) is 4.98 Å². The number of piperidine rings is 1. The standard InChI is InChI=1S/C15H21N3O2/c1-3-12-8-4-5-10-18(12)15(20)14(19)17-13-9-6-7-11(2)16-13/h6-7,9,12H,3-5,8,10H2,1-2H3,(H,16,17,19). The lowest BCUT2D eigenvalue weighted by Gasteiger charge is -2.34. The van der Waals surface area contributed by atoms with Crippen molar-refractivity contribution in [3.8, 4) is 0 Å². The van der Waals surface area contributed by atoms with Gasteiger partial charge in [0.2, 0.25) is 0 Å². The van der Waals surface area contributed by atoms with Gasteiger partial charge in [-0.2, -0.15) is 0 Å². The third kappa shape index (κ3) is 3.35. The molecule has 20 heavy (non-hydrogen) atoms. The highest BCUT2D eigenvalue weighted by molar-refractivity contribution is 6.39. The fraction of sp³-hybridized carbons (Fsp3) is 0.533. The van der Waals surface area contributed by atoms with Crippen molar-refractivity contribution in [1.82, 2.24) is 9.88 Å². The average molecular weight is 275 g/mol. The number of hydrogen-bond donors (Lipinski definition) is 1. The van der Waals surface area contributed by atoms with Crippen LogP contribution in [0, 0.1) is 6.92 Å². The predicted molar refractivity (Wildman–Crippen MR) is 77.2 cm³/mol. The largest absolute Gasteiger partial charge is 0.331 e. The number of pyridine rings is 1. The summed E-state index contributed by atoms with van der Waals surface area (Å²) < 4.78 is 0. The minimum Gasteiger partial charge on any atom is -0.331 e. The molecule has 1 unspecified atom stereocenters. The van der Waals surface area contributed by atoms with Gasteiger partial charge in [0.15, 0.2) is 0 Å². The second kappa shape index (κ2) is 6.50. The first-order valence-electron chi connectivity index (χ1n) is 7.17. The zero-order chi connectivity index (χ0) is 14.5. The van der Waals surface area contributed by atoms with Gasteiger partial charge < -0.3 is 10.2 Å². The summed E-state index contributed by atoms with van der Waals surface area (Å²) in [5.41, 5.74) is 0.805. The first-order chi connectivity index (χ1) is 9.61. The molecule has 1 aromatic heterocycles. The van der Waals surface area contributed by atoms with E-state index in [0.29, 0.717) is 12.4 Å². The maximum Gasteiger partial charge on any atom is 0.315 e. The van der Waals surface area contributed by atoms with Crippen LogP contribution in [-0.2, 0) is 9.59 Å². The summed E-state index contributed by atoms with van der Waals surface area (Å²) in [6, 6.07) is 5.52. The second-order valence-corrected chi connectivity index (χ2v) is 5.17. The minimum atomic E-state index is -0.594. The molecular formula is C15H21N3O2. The highest BCUT2D eigenvalue weighted by Crippen LogP contribution is 2.19. The molecule has 108 valence electrons. The molecule has 0 aromatic carbocycles. The van der Waals surface area contributed by atoms with E-state index in [1.807, 2.05) is 13.0 Å². The first kappa shape index (κ1) is 14.5. The summed E-state index contributed by atoms with van der Waals surface area (Å²) in [6.07, 6.45) is 3.97. The number of carbonyl (C=O) groups is 2. The lowest BCUT2D eigenvalue weighted by Crippen LogP contribution is -2.48. The number of likely N-dealkylation sites (tertiary alicyclic amines) is 1. The summed E-state index contributed by atoms with van der Waals surface area (Å²) in [5.74, 6) is -0.614. The minimum absolute atomic E-state index is 0.187. The maximum absolute atomic E-state index is 12.2. The number of nitrogens with one attached hydrogen (secondary N) is 1. The topological polar surface area (TPSA) is 62.3 Å². The van der Waals surface area contributed by atoms with Crippen molar-refractivity contribution in [3.05, 3.63) is 23.9 Å². The lowest BCUT2D eigenvalue weighted by molar-refractivity contribution is -0.145. The van der Waals surface area contributed by atoms with Crippen molar-refractivity contribution in [2.24, 2.45) is 0 Å². The summed E-state index contributed by atoms with van der Waals surface area (Å²) >= 11 is 0. The Bertz CT molecular complexity index is 502. The van der Waals surface area contributed by atoms with Crippen LogP contribution >= 0.6 is 0 Å². The van der Waals surface area contributed by atoms with Crippen LogP contribution in [-0.4, -0.2) is 34.3 Å². The van der Waals surface area contributed by atoms with Gasteiger partial charge >= 0.3 is 11.8 Å². The van der Waals surface area contributed by atoms with E-state index in [9.17, 15) is 9.59 Å². The van der Waals surface area contributed by atoms with Crippen LogP contribution < -0.4 is 5.32 Å². The summed E-state index contributed by atoms with van der Waals surface area (Å²) in [6.45, 7) is 4.57. The van der Waals surface area contributed by atoms with Crippen molar-refractivity contribution in [3.63, 3.8) is 0 Å². The molecule has 5 nitrogen and oxygen atoms in total. The van der Waals surface area contributed by atoms with Gasteiger partial charge in [-0.15, -0.1) is 0 Å². The van der Waals surface area contributed by atoms with Crippen LogP contribution in [0.4, 0.5) is 5.82 Å². The van der Waals surface area contributed by atoms with Crippen molar-refractivity contribution in [2.45, 2.75) is 45.6 Å². The van der Waals surface area contributed by atoms with Gasteiger partial charge in [-0.05, 0) is 44.7 Å². The van der Waals surface area contributed by atoms with E-state index in [1.54, 1.807) is 17.0 Å². The Morgan fingerprint density at radius 1 is 1.40 bits per heavy atom. The number of nitrogens with zero attached hydrogens (tertiary/aromatic N) is 2. The smallest absolute Gasteiger partial charge is 0.315 e. The van der Waals surface area contributed by atoms with E-state index >= 15 is 0 Å². The molecule has 1 fully saturated rings. The molecule has 0 aliphatic carbocycles. The first-order valence-corrected chi connectivity index (χ1v) is 7.17. The van der Waals surface area contributed by atoms with Crippen LogP contribution in [0.5, 0.6) is 0 Å². The Hall–Kier alpha value is -1.91.